The summed E-state index contributed by atoms with van der Waals surface area (Å²) >= 11 is 0. The Balaban J connectivity index is 1.58. The number of aromatic nitrogens is 1. The first-order chi connectivity index (χ1) is 16.4. The predicted molar refractivity (Wildman–Crippen MR) is 130 cm³/mol. The number of carbonyl (C=O) groups excluding carboxylic acids is 2. The average molecular weight is 467 g/mol. The van der Waals surface area contributed by atoms with Gasteiger partial charge in [0.05, 0.1) is 18.2 Å². The van der Waals surface area contributed by atoms with Crippen LogP contribution in [-0.4, -0.2) is 70.6 Å². The van der Waals surface area contributed by atoms with E-state index < -0.39 is 0 Å². The molecule has 1 aliphatic carbocycles. The van der Waals surface area contributed by atoms with Gasteiger partial charge in [0.25, 0.3) is 5.91 Å². The average Bonchev–Trinajstić information content (AvgIpc) is 3.67. The molecule has 3 atom stereocenters. The molecule has 2 aliphatic rings. The van der Waals surface area contributed by atoms with E-state index in [1.54, 1.807) is 35.5 Å². The van der Waals surface area contributed by atoms with E-state index in [2.05, 4.69) is 22.1 Å². The van der Waals surface area contributed by atoms with E-state index >= 15 is 0 Å². The van der Waals surface area contributed by atoms with Crippen molar-refractivity contribution in [3.8, 4) is 5.75 Å². The number of hydrogen-bond donors (Lipinski definition) is 2. The van der Waals surface area contributed by atoms with Crippen LogP contribution < -0.4 is 10.1 Å². The molecule has 0 saturated heterocycles. The lowest BCUT2D eigenvalue weighted by Crippen LogP contribution is -2.49. The second-order valence-corrected chi connectivity index (χ2v) is 9.65. The highest BCUT2D eigenvalue weighted by molar-refractivity contribution is 6.00. The number of nitrogens with one attached hydrogen (secondary N) is 1. The third-order valence-corrected chi connectivity index (χ3v) is 6.57. The third-order valence-electron chi connectivity index (χ3n) is 6.57. The molecule has 1 aliphatic heterocycles. The van der Waals surface area contributed by atoms with Gasteiger partial charge in [-0.25, -0.2) is 0 Å². The Labute approximate surface area is 200 Å². The van der Waals surface area contributed by atoms with Gasteiger partial charge in [0.1, 0.15) is 11.9 Å². The highest BCUT2D eigenvalue weighted by atomic mass is 16.5. The van der Waals surface area contributed by atoms with Gasteiger partial charge in [-0.1, -0.05) is 6.92 Å². The van der Waals surface area contributed by atoms with Crippen LogP contribution in [0, 0.1) is 11.8 Å². The van der Waals surface area contributed by atoms with Crippen LogP contribution in [0.5, 0.6) is 5.75 Å². The molecule has 2 N–H and O–H groups in total. The number of nitrogens with zero attached hydrogens (tertiary/aromatic N) is 3. The van der Waals surface area contributed by atoms with Crippen molar-refractivity contribution >= 4 is 17.5 Å². The van der Waals surface area contributed by atoms with Crippen molar-refractivity contribution in [1.82, 2.24) is 14.8 Å². The van der Waals surface area contributed by atoms with Gasteiger partial charge in [-0.05, 0) is 62.7 Å². The zero-order chi connectivity index (χ0) is 24.2. The van der Waals surface area contributed by atoms with Crippen LogP contribution in [-0.2, 0) is 11.3 Å². The van der Waals surface area contributed by atoms with E-state index in [1.807, 2.05) is 26.1 Å². The maximum atomic E-state index is 13.5. The number of carbonyl (C=O) groups is 2. The number of likely N-dealkylation sites (N-methyl/N-ethyl adjacent to an activating group) is 1. The molecule has 1 fully saturated rings. The van der Waals surface area contributed by atoms with Gasteiger partial charge in [0.2, 0.25) is 5.91 Å². The SMILES string of the molecule is C[C@H](CO)N1C[C@H](C)[C@H](CN(C)Cc2ccncc2)Oc2ccc(NC(=O)C3CC3)cc2C1=O. The van der Waals surface area contributed by atoms with Gasteiger partial charge in [-0.2, -0.15) is 0 Å². The van der Waals surface area contributed by atoms with Gasteiger partial charge in [-0.3, -0.25) is 19.5 Å². The minimum Gasteiger partial charge on any atom is -0.488 e. The molecule has 1 saturated carbocycles. The fourth-order valence-electron chi connectivity index (χ4n) is 4.28. The maximum absolute atomic E-state index is 13.5. The Hall–Kier alpha value is -2.97. The van der Waals surface area contributed by atoms with E-state index in [9.17, 15) is 14.7 Å². The minimum atomic E-state index is -0.333. The number of ether oxygens (including phenoxy) is 1. The lowest BCUT2D eigenvalue weighted by atomic mass is 9.99. The van der Waals surface area contributed by atoms with Crippen LogP contribution in [0.2, 0.25) is 0 Å². The summed E-state index contributed by atoms with van der Waals surface area (Å²) in [5.41, 5.74) is 2.16. The lowest BCUT2D eigenvalue weighted by Gasteiger charge is -2.38. The molecule has 8 nitrogen and oxygen atoms in total. The number of benzene rings is 1. The summed E-state index contributed by atoms with van der Waals surface area (Å²) in [6, 6.07) is 8.91. The van der Waals surface area contributed by atoms with Gasteiger partial charge >= 0.3 is 0 Å². The smallest absolute Gasteiger partial charge is 0.258 e. The first-order valence-corrected chi connectivity index (χ1v) is 12.0. The Morgan fingerprint density at radius 1 is 1.29 bits per heavy atom. The first-order valence-electron chi connectivity index (χ1n) is 12.0. The van der Waals surface area contributed by atoms with Crippen LogP contribution in [0.25, 0.3) is 0 Å². The Morgan fingerprint density at radius 3 is 2.71 bits per heavy atom. The van der Waals surface area contributed by atoms with Gasteiger partial charge in [-0.15, -0.1) is 0 Å². The summed E-state index contributed by atoms with van der Waals surface area (Å²) in [5, 5.41) is 12.7. The molecule has 2 amide bonds. The quantitative estimate of drug-likeness (QED) is 0.621. The fourth-order valence-corrected chi connectivity index (χ4v) is 4.28. The molecular weight excluding hydrogens is 432 g/mol. The van der Waals surface area contributed by atoms with E-state index in [4.69, 9.17) is 4.74 Å². The van der Waals surface area contributed by atoms with Gasteiger partial charge in [0, 0.05) is 49.6 Å². The molecule has 1 aromatic heterocycles. The van der Waals surface area contributed by atoms with Crippen LogP contribution in [0.3, 0.4) is 0 Å². The van der Waals surface area contributed by atoms with Crippen molar-refractivity contribution in [3.63, 3.8) is 0 Å². The minimum absolute atomic E-state index is 0.0102. The summed E-state index contributed by atoms with van der Waals surface area (Å²) in [6.45, 7) is 5.68. The normalized spacial score (nSPS) is 21.3. The Bertz CT molecular complexity index is 1010. The molecule has 1 aromatic carbocycles. The molecule has 2 heterocycles. The number of rotatable bonds is 8. The summed E-state index contributed by atoms with van der Waals surface area (Å²) in [5.74, 6) is 0.401. The highest BCUT2D eigenvalue weighted by Crippen LogP contribution is 2.33. The first kappa shape index (κ1) is 24.2. The molecule has 34 heavy (non-hydrogen) atoms. The number of aliphatic hydroxyl groups is 1. The van der Waals surface area contributed by atoms with Crippen molar-refractivity contribution in [1.29, 1.82) is 0 Å². The largest absolute Gasteiger partial charge is 0.488 e. The summed E-state index contributed by atoms with van der Waals surface area (Å²) in [6.07, 6.45) is 5.22. The molecule has 8 heteroatoms. The number of hydrogen-bond acceptors (Lipinski definition) is 6. The Kier molecular flexibility index (Phi) is 7.48. The van der Waals surface area contributed by atoms with Crippen LogP contribution in [0.15, 0.2) is 42.7 Å². The second-order valence-electron chi connectivity index (χ2n) is 9.65. The molecule has 0 spiro atoms. The Morgan fingerprint density at radius 2 is 2.03 bits per heavy atom. The highest BCUT2D eigenvalue weighted by Gasteiger charge is 2.34. The van der Waals surface area contributed by atoms with Crippen molar-refractivity contribution in [2.45, 2.75) is 45.4 Å². The van der Waals surface area contributed by atoms with E-state index in [1.165, 1.54) is 0 Å². The van der Waals surface area contributed by atoms with Crippen molar-refractivity contribution in [2.24, 2.45) is 11.8 Å². The predicted octanol–water partition coefficient (Wildman–Crippen LogP) is 2.78. The number of fused-ring (bicyclic) bond motifs is 1. The van der Waals surface area contributed by atoms with Crippen molar-refractivity contribution in [3.05, 3.63) is 53.9 Å². The second kappa shape index (κ2) is 10.5. The fraction of sp³-hybridized carbons (Fsp3) is 0.500. The molecule has 4 rings (SSSR count). The number of anilines is 1. The topological polar surface area (TPSA) is 95.0 Å². The summed E-state index contributed by atoms with van der Waals surface area (Å²) in [7, 11) is 2.05. The molecule has 0 radical (unpaired) electrons. The zero-order valence-electron chi connectivity index (χ0n) is 20.1. The van der Waals surface area contributed by atoms with E-state index in [0.29, 0.717) is 30.1 Å². The van der Waals surface area contributed by atoms with Crippen molar-refractivity contribution < 1.29 is 19.4 Å². The van der Waals surface area contributed by atoms with Crippen molar-refractivity contribution in [2.75, 3.05) is 32.1 Å². The van der Waals surface area contributed by atoms with Gasteiger partial charge in [0.15, 0.2) is 0 Å². The molecule has 182 valence electrons. The summed E-state index contributed by atoms with van der Waals surface area (Å²) < 4.78 is 6.43. The maximum Gasteiger partial charge on any atom is 0.258 e. The molecule has 0 unspecified atom stereocenters. The standard InChI is InChI=1S/C26H34N4O4/c1-17-13-30(18(2)16-31)26(33)22-12-21(28-25(32)20-4-5-20)6-7-23(22)34-24(17)15-29(3)14-19-8-10-27-11-9-19/h6-12,17-18,20,24,31H,4-5,13-16H2,1-3H3,(H,28,32)/t17-,18+,24-/m0/s1. The van der Waals surface area contributed by atoms with Crippen LogP contribution >= 0.6 is 0 Å². The lowest BCUT2D eigenvalue weighted by molar-refractivity contribution is -0.117. The third kappa shape index (κ3) is 5.74. The number of aliphatic hydroxyl groups excluding tert-OH is 1. The van der Waals surface area contributed by atoms with Crippen LogP contribution in [0.1, 0.15) is 42.6 Å². The molecular formula is C26H34N4O4. The monoisotopic (exact) mass is 466 g/mol. The molecule has 2 aromatic rings. The number of amides is 2. The summed E-state index contributed by atoms with van der Waals surface area (Å²) in [4.78, 5) is 33.7. The van der Waals surface area contributed by atoms with E-state index in [-0.39, 0.29) is 42.4 Å². The molecule has 0 bridgehead atoms. The zero-order valence-corrected chi connectivity index (χ0v) is 20.1. The van der Waals surface area contributed by atoms with E-state index in [0.717, 1.165) is 24.9 Å². The van der Waals surface area contributed by atoms with Gasteiger partial charge < -0.3 is 20.1 Å². The van der Waals surface area contributed by atoms with Crippen LogP contribution in [0.4, 0.5) is 5.69 Å². The number of pyridine rings is 1.